The van der Waals surface area contributed by atoms with E-state index in [0.717, 1.165) is 0 Å². The largest absolute Gasteiger partial charge is 0.301 e. The van der Waals surface area contributed by atoms with Gasteiger partial charge in [-0.3, -0.25) is 0 Å². The second kappa shape index (κ2) is 9.79. The highest BCUT2D eigenvalue weighted by Gasteiger charge is 2.19. The first-order valence-electron chi connectivity index (χ1n) is 9.17. The molecule has 3 heteroatoms. The minimum absolute atomic E-state index is 0.567. The topological polar surface area (TPSA) is 0 Å². The standard InChI is InChI=1S/C25H20IP2/c26-25(27(21-13-5-1-6-14-21)22-15-7-2-8-16-22)28(23-17-9-3-10-18-23)24-19-11-4-12-20-24/h1-20H/q-1. The molecule has 4 aromatic rings. The SMILES string of the molecule is I[C-](P(c1ccccc1)c1ccccc1)P(c1ccccc1)c1ccccc1. The number of halogens is 1. The Kier molecular flexibility index (Phi) is 6.91. The molecule has 0 radical (unpaired) electrons. The van der Waals surface area contributed by atoms with E-state index in [2.05, 4.69) is 144 Å². The van der Waals surface area contributed by atoms with Crippen molar-refractivity contribution in [2.45, 2.75) is 0 Å². The molecule has 0 fully saturated rings. The Morgan fingerprint density at radius 1 is 0.393 bits per heavy atom. The van der Waals surface area contributed by atoms with Crippen molar-refractivity contribution in [3.8, 4) is 0 Å². The van der Waals surface area contributed by atoms with Crippen LogP contribution in [0.2, 0.25) is 0 Å². The van der Waals surface area contributed by atoms with Crippen molar-refractivity contribution >= 4 is 59.7 Å². The zero-order valence-electron chi connectivity index (χ0n) is 15.3. The fraction of sp³-hybridized carbons (Fsp3) is 0. The highest BCUT2D eigenvalue weighted by molar-refractivity contribution is 14.1. The number of benzene rings is 4. The molecule has 28 heavy (non-hydrogen) atoms. The molecule has 0 saturated heterocycles. The highest BCUT2D eigenvalue weighted by atomic mass is 127. The van der Waals surface area contributed by atoms with E-state index in [1.165, 1.54) is 24.6 Å². The normalized spacial score (nSPS) is 11.3. The Morgan fingerprint density at radius 3 is 0.821 bits per heavy atom. The van der Waals surface area contributed by atoms with Crippen LogP contribution < -0.4 is 21.2 Å². The predicted molar refractivity (Wildman–Crippen MR) is 135 cm³/mol. The van der Waals surface area contributed by atoms with Crippen LogP contribution in [0.4, 0.5) is 0 Å². The lowest BCUT2D eigenvalue weighted by molar-refractivity contribution is 1.74. The van der Waals surface area contributed by atoms with Gasteiger partial charge < -0.3 is 22.6 Å². The van der Waals surface area contributed by atoms with Gasteiger partial charge in [0, 0.05) is 0 Å². The van der Waals surface area contributed by atoms with E-state index in [1.807, 2.05) is 0 Å². The monoisotopic (exact) mass is 509 g/mol. The van der Waals surface area contributed by atoms with E-state index in [0.29, 0.717) is 0 Å². The molecule has 0 aliphatic heterocycles. The van der Waals surface area contributed by atoms with E-state index in [1.54, 1.807) is 0 Å². The summed E-state index contributed by atoms with van der Waals surface area (Å²) in [5, 5.41) is 5.64. The molecule has 0 heterocycles. The first-order chi connectivity index (χ1) is 13.8. The van der Waals surface area contributed by atoms with Crippen molar-refractivity contribution in [3.05, 3.63) is 125 Å². The number of hydrogen-bond acceptors (Lipinski definition) is 0. The van der Waals surface area contributed by atoms with Crippen LogP contribution in [0.25, 0.3) is 0 Å². The van der Waals surface area contributed by atoms with Crippen LogP contribution in [0.5, 0.6) is 0 Å². The summed E-state index contributed by atoms with van der Waals surface area (Å²) in [5.74, 6) is 0. The van der Waals surface area contributed by atoms with Crippen molar-refractivity contribution < 1.29 is 0 Å². The molecule has 138 valence electrons. The molecule has 0 aliphatic rings. The summed E-state index contributed by atoms with van der Waals surface area (Å²) in [6.07, 6.45) is 0. The van der Waals surface area contributed by atoms with E-state index < -0.39 is 15.8 Å². The van der Waals surface area contributed by atoms with Gasteiger partial charge in [0.1, 0.15) is 0 Å². The second-order valence-corrected chi connectivity index (χ2v) is 13.7. The average molecular weight is 509 g/mol. The summed E-state index contributed by atoms with van der Waals surface area (Å²) in [5.41, 5.74) is 0. The predicted octanol–water partition coefficient (Wildman–Crippen LogP) is 6.13. The zero-order chi connectivity index (χ0) is 19.2. The molecule has 0 spiro atoms. The summed E-state index contributed by atoms with van der Waals surface area (Å²) in [6.45, 7) is 0. The van der Waals surface area contributed by atoms with Crippen molar-refractivity contribution in [1.82, 2.24) is 0 Å². The maximum absolute atomic E-state index is 2.65. The summed E-state index contributed by atoms with van der Waals surface area (Å²) in [6, 6.07) is 43.9. The van der Waals surface area contributed by atoms with E-state index >= 15 is 0 Å². The Bertz CT molecular complexity index is 814. The van der Waals surface area contributed by atoms with Gasteiger partial charge in [-0.2, -0.15) is 19.2 Å². The van der Waals surface area contributed by atoms with Gasteiger partial charge in [-0.1, -0.05) is 121 Å². The number of rotatable bonds is 6. The molecule has 0 saturated carbocycles. The molecule has 0 unspecified atom stereocenters. The molecule has 4 aromatic carbocycles. The van der Waals surface area contributed by atoms with Gasteiger partial charge in [0.25, 0.3) is 0 Å². The summed E-state index contributed by atoms with van der Waals surface area (Å²) >= 11 is 2.65. The van der Waals surface area contributed by atoms with Crippen LogP contribution in [-0.4, -0.2) is 0 Å². The first-order valence-corrected chi connectivity index (χ1v) is 12.9. The summed E-state index contributed by atoms with van der Waals surface area (Å²) in [7, 11) is -1.13. The van der Waals surface area contributed by atoms with Crippen LogP contribution in [0.3, 0.4) is 0 Å². The molecule has 0 nitrogen and oxygen atoms in total. The third-order valence-corrected chi connectivity index (χ3v) is 12.5. The van der Waals surface area contributed by atoms with Gasteiger partial charge in [0.05, 0.1) is 0 Å². The van der Waals surface area contributed by atoms with Crippen LogP contribution in [-0.2, 0) is 0 Å². The lowest BCUT2D eigenvalue weighted by atomic mass is 10.4. The van der Waals surface area contributed by atoms with Gasteiger partial charge in [-0.05, 0) is 21.2 Å². The van der Waals surface area contributed by atoms with Crippen molar-refractivity contribution in [3.63, 3.8) is 0 Å². The lowest BCUT2D eigenvalue weighted by Crippen LogP contribution is -2.20. The zero-order valence-corrected chi connectivity index (χ0v) is 19.3. The molecule has 0 aromatic heterocycles. The average Bonchev–Trinajstić information content (AvgIpc) is 2.77. The van der Waals surface area contributed by atoms with Crippen molar-refractivity contribution in [2.24, 2.45) is 0 Å². The molecule has 0 N–H and O–H groups in total. The molecule has 0 atom stereocenters. The Morgan fingerprint density at radius 2 is 0.607 bits per heavy atom. The van der Waals surface area contributed by atoms with Crippen LogP contribution >= 0.6 is 38.4 Å². The summed E-state index contributed by atoms with van der Waals surface area (Å²) < 4.78 is 1.54. The second-order valence-electron chi connectivity index (χ2n) is 6.28. The highest BCUT2D eigenvalue weighted by Crippen LogP contribution is 2.65. The van der Waals surface area contributed by atoms with Crippen molar-refractivity contribution in [1.29, 1.82) is 0 Å². The van der Waals surface area contributed by atoms with Crippen LogP contribution in [0, 0.1) is 3.41 Å². The Labute approximate surface area is 183 Å². The third-order valence-electron chi connectivity index (χ3n) is 4.43. The smallest absolute Gasteiger partial charge is 0.0493 e. The maximum atomic E-state index is 2.65. The summed E-state index contributed by atoms with van der Waals surface area (Å²) in [4.78, 5) is 0. The molecular weight excluding hydrogens is 489 g/mol. The molecular formula is C25H20IP2-. The Hall–Kier alpha value is -1.53. The van der Waals surface area contributed by atoms with E-state index in [4.69, 9.17) is 0 Å². The molecule has 0 bridgehead atoms. The van der Waals surface area contributed by atoms with E-state index in [-0.39, 0.29) is 0 Å². The first kappa shape index (κ1) is 19.8. The van der Waals surface area contributed by atoms with Crippen LogP contribution in [0.15, 0.2) is 121 Å². The van der Waals surface area contributed by atoms with Gasteiger partial charge in [0.15, 0.2) is 0 Å². The minimum atomic E-state index is -0.567. The van der Waals surface area contributed by atoms with Crippen molar-refractivity contribution in [2.75, 3.05) is 0 Å². The fourth-order valence-corrected chi connectivity index (χ4v) is 12.0. The maximum Gasteiger partial charge on any atom is -0.0493 e. The van der Waals surface area contributed by atoms with Gasteiger partial charge in [-0.25, -0.2) is 0 Å². The lowest BCUT2D eigenvalue weighted by Gasteiger charge is -2.45. The van der Waals surface area contributed by atoms with E-state index in [9.17, 15) is 0 Å². The fourth-order valence-electron chi connectivity index (χ4n) is 3.13. The van der Waals surface area contributed by atoms with Crippen LogP contribution in [0.1, 0.15) is 0 Å². The molecule has 0 aliphatic carbocycles. The van der Waals surface area contributed by atoms with Gasteiger partial charge >= 0.3 is 0 Å². The Balaban J connectivity index is 1.84. The minimum Gasteiger partial charge on any atom is -0.301 e. The quantitative estimate of drug-likeness (QED) is 0.167. The van der Waals surface area contributed by atoms with Gasteiger partial charge in [-0.15, -0.1) is 0 Å². The molecule has 0 amide bonds. The number of hydrogen-bond donors (Lipinski definition) is 0. The molecule has 4 rings (SSSR count). The third kappa shape index (κ3) is 4.54. The van der Waals surface area contributed by atoms with Gasteiger partial charge in [0.2, 0.25) is 0 Å².